The van der Waals surface area contributed by atoms with Crippen molar-refractivity contribution in [1.82, 2.24) is 4.98 Å². The molecule has 0 saturated carbocycles. The van der Waals surface area contributed by atoms with Crippen LogP contribution in [-0.4, -0.2) is 18.0 Å². The second-order valence-electron chi connectivity index (χ2n) is 6.80. The van der Waals surface area contributed by atoms with Crippen LogP contribution in [0.3, 0.4) is 0 Å². The molecular weight excluding hydrogens is 452 g/mol. The molecule has 0 fully saturated rings. The van der Waals surface area contributed by atoms with Crippen molar-refractivity contribution in [1.29, 1.82) is 0 Å². The van der Waals surface area contributed by atoms with Crippen LogP contribution in [0.5, 0.6) is 5.75 Å². The number of ether oxygens (including phenoxy) is 1. The van der Waals surface area contributed by atoms with Crippen LogP contribution in [0.15, 0.2) is 40.8 Å². The molecule has 0 aliphatic carbocycles. The number of nitrogens with one attached hydrogen (secondary N) is 1. The number of hydrogen-bond donors (Lipinski definition) is 1. The molecule has 4 aromatic rings. The van der Waals surface area contributed by atoms with E-state index in [0.717, 1.165) is 12.7 Å². The number of methoxy groups -OCH3 is 1. The Morgan fingerprint density at radius 2 is 1.72 bits per heavy atom. The summed E-state index contributed by atoms with van der Waals surface area (Å²) < 4.78 is 66.4. The Bertz CT molecular complexity index is 1360. The normalized spacial score (nSPS) is 11.1. The predicted octanol–water partition coefficient (Wildman–Crippen LogP) is 6.27. The Morgan fingerprint density at radius 3 is 2.38 bits per heavy atom. The molecule has 0 saturated heterocycles. The summed E-state index contributed by atoms with van der Waals surface area (Å²) in [5, 5.41) is 2.42. The SMILES string of the molecule is COc1c(F)c(F)c(C(=O)Nc2ccc(Cl)c(-c3nc4ccc(C)cc4o3)c2)c(F)c1F. The molecule has 4 rings (SSSR count). The molecule has 0 unspecified atom stereocenters. The maximum Gasteiger partial charge on any atom is 0.261 e. The number of halogens is 5. The van der Waals surface area contributed by atoms with E-state index in [9.17, 15) is 22.4 Å². The maximum atomic E-state index is 14.2. The summed E-state index contributed by atoms with van der Waals surface area (Å²) in [6.07, 6.45) is 0. The molecule has 3 aromatic carbocycles. The molecule has 0 radical (unpaired) electrons. The van der Waals surface area contributed by atoms with Gasteiger partial charge >= 0.3 is 0 Å². The van der Waals surface area contributed by atoms with Crippen molar-refractivity contribution in [2.75, 3.05) is 12.4 Å². The minimum absolute atomic E-state index is 0.0308. The number of aromatic nitrogens is 1. The molecule has 5 nitrogen and oxygen atoms in total. The lowest BCUT2D eigenvalue weighted by Crippen LogP contribution is -2.19. The molecule has 0 aliphatic heterocycles. The van der Waals surface area contributed by atoms with Crippen LogP contribution in [0.2, 0.25) is 5.02 Å². The third-order valence-corrected chi connectivity index (χ3v) is 4.98. The summed E-state index contributed by atoms with van der Waals surface area (Å²) >= 11 is 6.22. The Balaban J connectivity index is 1.71. The van der Waals surface area contributed by atoms with Gasteiger partial charge in [-0.2, -0.15) is 8.78 Å². The van der Waals surface area contributed by atoms with E-state index in [4.69, 9.17) is 16.0 Å². The number of carbonyl (C=O) groups excluding carboxylic acids is 1. The fourth-order valence-electron chi connectivity index (χ4n) is 3.10. The quantitative estimate of drug-likeness (QED) is 0.285. The molecule has 1 heterocycles. The van der Waals surface area contributed by atoms with Gasteiger partial charge in [0.05, 0.1) is 17.7 Å². The minimum Gasteiger partial charge on any atom is -0.491 e. The molecule has 1 N–H and O–H groups in total. The van der Waals surface area contributed by atoms with E-state index in [1.807, 2.05) is 13.0 Å². The van der Waals surface area contributed by atoms with Crippen LogP contribution >= 0.6 is 11.6 Å². The molecule has 164 valence electrons. The number of oxazole rings is 1. The first-order valence-corrected chi connectivity index (χ1v) is 9.47. The van der Waals surface area contributed by atoms with Gasteiger partial charge in [0.2, 0.25) is 17.5 Å². The largest absolute Gasteiger partial charge is 0.491 e. The zero-order valence-corrected chi connectivity index (χ0v) is 17.3. The number of rotatable bonds is 4. The first kappa shape index (κ1) is 21.6. The number of fused-ring (bicyclic) bond motifs is 1. The van der Waals surface area contributed by atoms with Crippen molar-refractivity contribution in [2.24, 2.45) is 0 Å². The van der Waals surface area contributed by atoms with Crippen molar-refractivity contribution in [3.8, 4) is 17.2 Å². The van der Waals surface area contributed by atoms with Crippen LogP contribution in [0.4, 0.5) is 23.2 Å². The Morgan fingerprint density at radius 1 is 1.03 bits per heavy atom. The summed E-state index contributed by atoms with van der Waals surface area (Å²) in [4.78, 5) is 16.8. The van der Waals surface area contributed by atoms with Gasteiger partial charge < -0.3 is 14.5 Å². The molecule has 0 bridgehead atoms. The van der Waals surface area contributed by atoms with Crippen molar-refractivity contribution in [3.63, 3.8) is 0 Å². The van der Waals surface area contributed by atoms with Gasteiger partial charge in [0, 0.05) is 5.69 Å². The first-order chi connectivity index (χ1) is 15.2. The lowest BCUT2D eigenvalue weighted by atomic mass is 10.1. The van der Waals surface area contributed by atoms with Gasteiger partial charge in [-0.1, -0.05) is 17.7 Å². The minimum atomic E-state index is -1.89. The zero-order valence-electron chi connectivity index (χ0n) is 16.5. The lowest BCUT2D eigenvalue weighted by Gasteiger charge is -2.12. The van der Waals surface area contributed by atoms with Gasteiger partial charge in [0.25, 0.3) is 5.91 Å². The van der Waals surface area contributed by atoms with E-state index in [0.29, 0.717) is 11.1 Å². The van der Waals surface area contributed by atoms with Crippen LogP contribution in [0.1, 0.15) is 15.9 Å². The number of benzene rings is 3. The van der Waals surface area contributed by atoms with Crippen molar-refractivity contribution in [3.05, 3.63) is 75.8 Å². The van der Waals surface area contributed by atoms with E-state index in [2.05, 4.69) is 15.0 Å². The molecule has 32 heavy (non-hydrogen) atoms. The monoisotopic (exact) mass is 464 g/mol. The van der Waals surface area contributed by atoms with E-state index >= 15 is 0 Å². The zero-order chi connectivity index (χ0) is 23.2. The van der Waals surface area contributed by atoms with Crippen LogP contribution in [0.25, 0.3) is 22.6 Å². The highest BCUT2D eigenvalue weighted by atomic mass is 35.5. The topological polar surface area (TPSA) is 64.4 Å². The van der Waals surface area contributed by atoms with Gasteiger partial charge in [0.1, 0.15) is 11.1 Å². The average Bonchev–Trinajstić information content (AvgIpc) is 3.17. The predicted molar refractivity (Wildman–Crippen MR) is 110 cm³/mol. The van der Waals surface area contributed by atoms with Crippen molar-refractivity contribution in [2.45, 2.75) is 6.92 Å². The fourth-order valence-corrected chi connectivity index (χ4v) is 3.30. The van der Waals surface area contributed by atoms with Gasteiger partial charge in [-0.15, -0.1) is 0 Å². The number of carbonyl (C=O) groups is 1. The number of aryl methyl sites for hydroxylation is 1. The van der Waals surface area contributed by atoms with Gasteiger partial charge in [-0.05, 0) is 42.8 Å². The molecule has 0 atom stereocenters. The summed E-state index contributed by atoms with van der Waals surface area (Å²) in [7, 11) is 0.836. The van der Waals surface area contributed by atoms with E-state index in [1.165, 1.54) is 18.2 Å². The number of nitrogens with zero attached hydrogens (tertiary/aromatic N) is 1. The van der Waals surface area contributed by atoms with Crippen LogP contribution < -0.4 is 10.1 Å². The molecule has 10 heteroatoms. The molecule has 0 aliphatic rings. The number of anilines is 1. The number of hydrogen-bond acceptors (Lipinski definition) is 4. The second kappa shape index (κ2) is 8.16. The van der Waals surface area contributed by atoms with Crippen molar-refractivity contribution >= 4 is 34.3 Å². The summed E-state index contributed by atoms with van der Waals surface area (Å²) in [6, 6.07) is 9.48. The van der Waals surface area contributed by atoms with Crippen molar-refractivity contribution < 1.29 is 31.5 Å². The first-order valence-electron chi connectivity index (χ1n) is 9.09. The Labute approximate surface area is 183 Å². The summed E-state index contributed by atoms with van der Waals surface area (Å²) in [5.41, 5.74) is 0.919. The summed E-state index contributed by atoms with van der Waals surface area (Å²) in [6.45, 7) is 1.88. The second-order valence-corrected chi connectivity index (χ2v) is 7.21. The highest BCUT2D eigenvalue weighted by Gasteiger charge is 2.30. The Hall–Kier alpha value is -3.59. The number of amides is 1. The third kappa shape index (κ3) is 3.64. The highest BCUT2D eigenvalue weighted by molar-refractivity contribution is 6.33. The highest BCUT2D eigenvalue weighted by Crippen LogP contribution is 2.34. The van der Waals surface area contributed by atoms with Gasteiger partial charge in [-0.25, -0.2) is 13.8 Å². The fraction of sp³-hybridized carbons (Fsp3) is 0.0909. The molecule has 1 aromatic heterocycles. The molecular formula is C22H13ClF4N2O3. The summed E-state index contributed by atoms with van der Waals surface area (Å²) in [5.74, 6) is -9.96. The van der Waals surface area contributed by atoms with E-state index in [-0.39, 0.29) is 22.2 Å². The molecule has 0 spiro atoms. The lowest BCUT2D eigenvalue weighted by molar-refractivity contribution is 0.101. The smallest absolute Gasteiger partial charge is 0.261 e. The van der Waals surface area contributed by atoms with E-state index in [1.54, 1.807) is 12.1 Å². The Kier molecular flexibility index (Phi) is 5.52. The van der Waals surface area contributed by atoms with Crippen LogP contribution in [0, 0.1) is 30.2 Å². The van der Waals surface area contributed by atoms with Gasteiger partial charge in [-0.3, -0.25) is 4.79 Å². The maximum absolute atomic E-state index is 14.2. The van der Waals surface area contributed by atoms with Gasteiger partial charge in [0.15, 0.2) is 23.0 Å². The average molecular weight is 465 g/mol. The third-order valence-electron chi connectivity index (χ3n) is 4.65. The standard InChI is InChI=1S/C22H13ClF4N2O3/c1-9-3-6-13-14(7-9)32-22(29-13)11-8-10(4-5-12(11)23)28-21(30)15-16(24)18(26)20(31-2)19(27)17(15)25/h3-8H,1-2H3,(H,28,30). The van der Waals surface area contributed by atoms with Crippen LogP contribution in [-0.2, 0) is 0 Å². The molecule has 1 amide bonds. The van der Waals surface area contributed by atoms with E-state index < -0.39 is 40.5 Å².